The van der Waals surface area contributed by atoms with Crippen LogP contribution >= 0.6 is 0 Å². The number of fused-ring (bicyclic) bond motifs is 2. The van der Waals surface area contributed by atoms with Crippen molar-refractivity contribution in [3.05, 3.63) is 12.7 Å². The fourth-order valence-electron chi connectivity index (χ4n) is 9.81. The molecule has 0 aromatic rings. The molecule has 0 bridgehead atoms. The molecular formula is C31H52. The molecule has 0 spiro atoms. The van der Waals surface area contributed by atoms with Crippen LogP contribution in [-0.2, 0) is 0 Å². The zero-order valence-corrected chi connectivity index (χ0v) is 20.8. The van der Waals surface area contributed by atoms with Crippen LogP contribution in [0.1, 0.15) is 122 Å². The van der Waals surface area contributed by atoms with Gasteiger partial charge in [-0.25, -0.2) is 0 Å². The highest BCUT2D eigenvalue weighted by molar-refractivity contribution is 4.94. The van der Waals surface area contributed by atoms with Gasteiger partial charge in [-0.15, -0.1) is 6.58 Å². The smallest absolute Gasteiger partial charge is 0.0233 e. The predicted octanol–water partition coefficient (Wildman–Crippen LogP) is 9.44. The molecule has 0 saturated heterocycles. The van der Waals surface area contributed by atoms with Gasteiger partial charge in [0, 0.05) is 0 Å². The first kappa shape index (κ1) is 22.5. The average Bonchev–Trinajstić information content (AvgIpc) is 2.83. The third-order valence-electron chi connectivity index (χ3n) is 11.6. The standard InChI is InChI=1S/C31H52/c1-3-5-23-7-9-31-21-29(17-15-27(31)19-23)25-12-10-24(11-13-25)28-16-14-26-18-22(4-2)6-8-30(26)20-28/h4,22-31H,2-3,5-21H2,1H3. The summed E-state index contributed by atoms with van der Waals surface area (Å²) in [6.45, 7) is 6.48. The second-order valence-corrected chi connectivity index (χ2v) is 13.1. The summed E-state index contributed by atoms with van der Waals surface area (Å²) in [7, 11) is 0. The summed E-state index contributed by atoms with van der Waals surface area (Å²) in [6, 6.07) is 0. The summed E-state index contributed by atoms with van der Waals surface area (Å²) < 4.78 is 0. The summed E-state index contributed by atoms with van der Waals surface area (Å²) in [6.07, 6.45) is 30.2. The Balaban J connectivity index is 1.07. The van der Waals surface area contributed by atoms with Gasteiger partial charge in [0.15, 0.2) is 0 Å². The van der Waals surface area contributed by atoms with Crippen LogP contribution in [0.3, 0.4) is 0 Å². The third kappa shape index (κ3) is 5.14. The van der Waals surface area contributed by atoms with Gasteiger partial charge in [0.25, 0.3) is 0 Å². The van der Waals surface area contributed by atoms with Gasteiger partial charge in [0.1, 0.15) is 0 Å². The minimum Gasteiger partial charge on any atom is -0.103 e. The van der Waals surface area contributed by atoms with Crippen LogP contribution in [0.4, 0.5) is 0 Å². The van der Waals surface area contributed by atoms with Crippen molar-refractivity contribution in [1.29, 1.82) is 0 Å². The van der Waals surface area contributed by atoms with Crippen LogP contribution in [-0.4, -0.2) is 0 Å². The summed E-state index contributed by atoms with van der Waals surface area (Å²) in [5.41, 5.74) is 0. The second kappa shape index (κ2) is 10.3. The Bertz CT molecular complexity index is 569. The van der Waals surface area contributed by atoms with Gasteiger partial charge in [0.05, 0.1) is 0 Å². The molecule has 0 N–H and O–H groups in total. The Hall–Kier alpha value is -0.260. The molecule has 31 heavy (non-hydrogen) atoms. The third-order valence-corrected chi connectivity index (χ3v) is 11.6. The molecule has 5 rings (SSSR count). The van der Waals surface area contributed by atoms with E-state index < -0.39 is 0 Å². The van der Waals surface area contributed by atoms with Gasteiger partial charge in [-0.05, 0) is 155 Å². The van der Waals surface area contributed by atoms with E-state index in [1.165, 1.54) is 32.1 Å². The normalized spacial score (nSPS) is 48.4. The van der Waals surface area contributed by atoms with Gasteiger partial charge in [-0.3, -0.25) is 0 Å². The maximum absolute atomic E-state index is 4.09. The molecule has 8 atom stereocenters. The lowest BCUT2D eigenvalue weighted by Gasteiger charge is -2.47. The first-order valence-electron chi connectivity index (χ1n) is 14.9. The fourth-order valence-corrected chi connectivity index (χ4v) is 9.81. The van der Waals surface area contributed by atoms with Crippen molar-refractivity contribution in [3.8, 4) is 0 Å². The van der Waals surface area contributed by atoms with Crippen LogP contribution in [0.2, 0.25) is 0 Å². The molecule has 5 aliphatic rings. The molecular weight excluding hydrogens is 372 g/mol. The summed E-state index contributed by atoms with van der Waals surface area (Å²) in [5.74, 6) is 10.7. The van der Waals surface area contributed by atoms with E-state index in [2.05, 4.69) is 19.6 Å². The van der Waals surface area contributed by atoms with E-state index >= 15 is 0 Å². The average molecular weight is 425 g/mol. The fraction of sp³-hybridized carbons (Fsp3) is 0.935. The van der Waals surface area contributed by atoms with E-state index in [4.69, 9.17) is 0 Å². The van der Waals surface area contributed by atoms with E-state index in [0.29, 0.717) is 0 Å². The highest BCUT2D eigenvalue weighted by atomic mass is 14.5. The SMILES string of the molecule is C=CC1CCC2CC(C3CCC(C4CCC5CC(CCC)CCC5C4)CC3)CCC2C1. The molecule has 5 aliphatic carbocycles. The van der Waals surface area contributed by atoms with E-state index in [-0.39, 0.29) is 0 Å². The summed E-state index contributed by atoms with van der Waals surface area (Å²) >= 11 is 0. The zero-order valence-electron chi connectivity index (χ0n) is 20.8. The second-order valence-electron chi connectivity index (χ2n) is 13.1. The molecule has 0 amide bonds. The van der Waals surface area contributed by atoms with Crippen molar-refractivity contribution in [3.63, 3.8) is 0 Å². The maximum Gasteiger partial charge on any atom is -0.0233 e. The lowest BCUT2D eigenvalue weighted by molar-refractivity contribution is 0.0379. The predicted molar refractivity (Wildman–Crippen MR) is 134 cm³/mol. The number of allylic oxidation sites excluding steroid dienone is 1. The lowest BCUT2D eigenvalue weighted by Crippen LogP contribution is -2.36. The Morgan fingerprint density at radius 3 is 1.48 bits per heavy atom. The highest BCUT2D eigenvalue weighted by Gasteiger charge is 2.41. The van der Waals surface area contributed by atoms with Crippen LogP contribution < -0.4 is 0 Å². The molecule has 0 aromatic heterocycles. The van der Waals surface area contributed by atoms with Crippen LogP contribution in [0.15, 0.2) is 12.7 Å². The minimum atomic E-state index is 0.838. The number of hydrogen-bond donors (Lipinski definition) is 0. The van der Waals surface area contributed by atoms with Gasteiger partial charge >= 0.3 is 0 Å². The van der Waals surface area contributed by atoms with Crippen LogP contribution in [0.25, 0.3) is 0 Å². The first-order valence-corrected chi connectivity index (χ1v) is 14.9. The van der Waals surface area contributed by atoms with Crippen molar-refractivity contribution in [2.24, 2.45) is 59.2 Å². The molecule has 5 fully saturated rings. The Morgan fingerprint density at radius 2 is 0.935 bits per heavy atom. The zero-order chi connectivity index (χ0) is 21.2. The van der Waals surface area contributed by atoms with Gasteiger partial charge in [-0.1, -0.05) is 32.3 Å². The Morgan fingerprint density at radius 1 is 0.516 bits per heavy atom. The molecule has 5 saturated carbocycles. The molecule has 0 heterocycles. The molecule has 0 nitrogen and oxygen atoms in total. The number of hydrogen-bond acceptors (Lipinski definition) is 0. The molecule has 176 valence electrons. The van der Waals surface area contributed by atoms with Crippen molar-refractivity contribution < 1.29 is 0 Å². The topological polar surface area (TPSA) is 0 Å². The quantitative estimate of drug-likeness (QED) is 0.385. The lowest BCUT2D eigenvalue weighted by atomic mass is 9.58. The Labute approximate surface area is 194 Å². The maximum atomic E-state index is 4.09. The molecule has 0 aromatic carbocycles. The molecule has 0 heteroatoms. The van der Waals surface area contributed by atoms with E-state index in [9.17, 15) is 0 Å². The van der Waals surface area contributed by atoms with Gasteiger partial charge in [0.2, 0.25) is 0 Å². The first-order chi connectivity index (χ1) is 15.2. The van der Waals surface area contributed by atoms with E-state index in [1.807, 2.05) is 0 Å². The van der Waals surface area contributed by atoms with Gasteiger partial charge < -0.3 is 0 Å². The largest absolute Gasteiger partial charge is 0.103 e. The van der Waals surface area contributed by atoms with Crippen molar-refractivity contribution in [2.75, 3.05) is 0 Å². The van der Waals surface area contributed by atoms with Crippen molar-refractivity contribution in [2.45, 2.75) is 122 Å². The molecule has 0 radical (unpaired) electrons. The number of rotatable bonds is 5. The van der Waals surface area contributed by atoms with Crippen molar-refractivity contribution in [1.82, 2.24) is 0 Å². The highest BCUT2D eigenvalue weighted by Crippen LogP contribution is 2.52. The van der Waals surface area contributed by atoms with E-state index in [1.54, 1.807) is 83.5 Å². The van der Waals surface area contributed by atoms with Crippen LogP contribution in [0.5, 0.6) is 0 Å². The van der Waals surface area contributed by atoms with Crippen LogP contribution in [0, 0.1) is 59.2 Å². The van der Waals surface area contributed by atoms with Crippen molar-refractivity contribution >= 4 is 0 Å². The molecule has 0 aliphatic heterocycles. The Kier molecular flexibility index (Phi) is 7.51. The monoisotopic (exact) mass is 424 g/mol. The minimum absolute atomic E-state index is 0.838. The molecule has 8 unspecified atom stereocenters. The summed E-state index contributed by atoms with van der Waals surface area (Å²) in [5, 5.41) is 0. The van der Waals surface area contributed by atoms with E-state index in [0.717, 1.165) is 59.2 Å². The van der Waals surface area contributed by atoms with Gasteiger partial charge in [-0.2, -0.15) is 0 Å². The summed E-state index contributed by atoms with van der Waals surface area (Å²) in [4.78, 5) is 0.